The molecule has 5 rings (SSSR count). The van der Waals surface area contributed by atoms with Crippen molar-refractivity contribution in [2.24, 2.45) is 5.92 Å². The van der Waals surface area contributed by atoms with Crippen molar-refractivity contribution < 1.29 is 4.74 Å². The Labute approximate surface area is 165 Å². The highest BCUT2D eigenvalue weighted by atomic mass is 32.1. The van der Waals surface area contributed by atoms with Crippen LogP contribution in [0.15, 0.2) is 36.0 Å². The Kier molecular flexibility index (Phi) is 4.63. The molecule has 3 aromatic heterocycles. The summed E-state index contributed by atoms with van der Waals surface area (Å²) in [6.07, 6.45) is 8.35. The predicted molar refractivity (Wildman–Crippen MR) is 112 cm³/mol. The van der Waals surface area contributed by atoms with Crippen LogP contribution < -0.4 is 10.1 Å². The molecule has 7 heteroatoms. The number of anilines is 1. The number of hydrogen-bond acceptors (Lipinski definition) is 7. The number of thiophene rings is 1. The van der Waals surface area contributed by atoms with Crippen LogP contribution in [0.5, 0.6) is 11.6 Å². The fraction of sp³-hybridized carbons (Fsp3) is 0.350. The van der Waals surface area contributed by atoms with E-state index in [1.165, 1.54) is 32.1 Å². The Balaban J connectivity index is 1.33. The van der Waals surface area contributed by atoms with Crippen LogP contribution >= 0.6 is 22.7 Å². The monoisotopic (exact) mass is 396 g/mol. The van der Waals surface area contributed by atoms with Crippen LogP contribution in [0.3, 0.4) is 0 Å². The lowest BCUT2D eigenvalue weighted by Gasteiger charge is -2.21. The molecule has 1 fully saturated rings. The zero-order valence-electron chi connectivity index (χ0n) is 14.9. The van der Waals surface area contributed by atoms with Crippen LogP contribution in [0.1, 0.15) is 32.1 Å². The van der Waals surface area contributed by atoms with Gasteiger partial charge in [0.15, 0.2) is 5.13 Å². The van der Waals surface area contributed by atoms with E-state index in [4.69, 9.17) is 9.72 Å². The number of fused-ring (bicyclic) bond motifs is 2. The zero-order valence-corrected chi connectivity index (χ0v) is 16.5. The molecule has 1 aliphatic carbocycles. The number of nitrogens with one attached hydrogen (secondary N) is 1. The molecule has 4 aromatic rings. The van der Waals surface area contributed by atoms with E-state index in [1.807, 2.05) is 29.6 Å². The maximum absolute atomic E-state index is 6.04. The lowest BCUT2D eigenvalue weighted by molar-refractivity contribution is 0.373. The van der Waals surface area contributed by atoms with Gasteiger partial charge in [0.05, 0.1) is 15.7 Å². The third-order valence-electron chi connectivity index (χ3n) is 5.05. The Morgan fingerprint density at radius 3 is 2.93 bits per heavy atom. The highest BCUT2D eigenvalue weighted by Gasteiger charge is 2.14. The Morgan fingerprint density at radius 1 is 1.07 bits per heavy atom. The molecular formula is C20H20N4OS2. The lowest BCUT2D eigenvalue weighted by atomic mass is 9.89. The minimum atomic E-state index is 0.606. The molecule has 3 heterocycles. The molecule has 0 atom stereocenters. The summed E-state index contributed by atoms with van der Waals surface area (Å²) in [6, 6.07) is 7.99. The third-order valence-corrected chi connectivity index (χ3v) is 6.92. The van der Waals surface area contributed by atoms with Crippen molar-refractivity contribution in [2.45, 2.75) is 32.1 Å². The van der Waals surface area contributed by atoms with Crippen LogP contribution in [0.4, 0.5) is 5.13 Å². The van der Waals surface area contributed by atoms with Crippen LogP contribution in [0, 0.1) is 5.92 Å². The quantitative estimate of drug-likeness (QED) is 0.442. The van der Waals surface area contributed by atoms with Crippen molar-refractivity contribution in [1.29, 1.82) is 0 Å². The molecule has 1 aromatic carbocycles. The number of benzene rings is 1. The first-order valence-electron chi connectivity index (χ1n) is 9.36. The third kappa shape index (κ3) is 3.61. The fourth-order valence-corrected chi connectivity index (χ4v) is 5.29. The van der Waals surface area contributed by atoms with E-state index in [0.717, 1.165) is 43.8 Å². The summed E-state index contributed by atoms with van der Waals surface area (Å²) in [5.74, 6) is 2.17. The van der Waals surface area contributed by atoms with Gasteiger partial charge in [-0.05, 0) is 42.3 Å². The van der Waals surface area contributed by atoms with Crippen molar-refractivity contribution in [1.82, 2.24) is 15.0 Å². The SMILES string of the molecule is c1nc(Oc2ccc3nc(NCC4CCCCC4)sc3c2)c2sccc2n1. The topological polar surface area (TPSA) is 59.9 Å². The van der Waals surface area contributed by atoms with E-state index in [9.17, 15) is 0 Å². The summed E-state index contributed by atoms with van der Waals surface area (Å²) in [6.45, 7) is 1.03. The van der Waals surface area contributed by atoms with E-state index in [1.54, 1.807) is 29.0 Å². The van der Waals surface area contributed by atoms with Gasteiger partial charge in [0.25, 0.3) is 0 Å². The minimum absolute atomic E-state index is 0.606. The summed E-state index contributed by atoms with van der Waals surface area (Å²) < 4.78 is 8.13. The van der Waals surface area contributed by atoms with Crippen LogP contribution in [-0.4, -0.2) is 21.5 Å². The zero-order chi connectivity index (χ0) is 18.1. The second-order valence-corrected chi connectivity index (χ2v) is 8.90. The van der Waals surface area contributed by atoms with Gasteiger partial charge in [-0.1, -0.05) is 30.6 Å². The van der Waals surface area contributed by atoms with E-state index in [2.05, 4.69) is 15.3 Å². The first-order chi connectivity index (χ1) is 13.3. The standard InChI is InChI=1S/C20H20N4OS2/c1-2-4-13(5-3-1)11-21-20-24-15-7-6-14(10-17(15)27-20)25-19-18-16(8-9-26-18)22-12-23-19/h6-10,12-13H,1-5,11H2,(H,21,24). The maximum Gasteiger partial charge on any atom is 0.240 e. The molecular weight excluding hydrogens is 376 g/mol. The van der Waals surface area contributed by atoms with Gasteiger partial charge in [-0.2, -0.15) is 0 Å². The lowest BCUT2D eigenvalue weighted by Crippen LogP contribution is -2.16. The van der Waals surface area contributed by atoms with Gasteiger partial charge < -0.3 is 10.1 Å². The highest BCUT2D eigenvalue weighted by Crippen LogP contribution is 2.34. The number of ether oxygens (including phenoxy) is 1. The summed E-state index contributed by atoms with van der Waals surface area (Å²) in [4.78, 5) is 13.3. The molecule has 0 aliphatic heterocycles. The second-order valence-electron chi connectivity index (χ2n) is 6.95. The maximum atomic E-state index is 6.04. The molecule has 138 valence electrons. The molecule has 0 bridgehead atoms. The number of hydrogen-bond donors (Lipinski definition) is 1. The van der Waals surface area contributed by atoms with Gasteiger partial charge in [0.2, 0.25) is 5.88 Å². The van der Waals surface area contributed by atoms with E-state index < -0.39 is 0 Å². The van der Waals surface area contributed by atoms with Crippen LogP contribution in [0.2, 0.25) is 0 Å². The van der Waals surface area contributed by atoms with Crippen molar-refractivity contribution in [2.75, 3.05) is 11.9 Å². The molecule has 0 radical (unpaired) electrons. The van der Waals surface area contributed by atoms with E-state index in [0.29, 0.717) is 5.88 Å². The molecule has 5 nitrogen and oxygen atoms in total. The number of rotatable bonds is 5. The molecule has 0 amide bonds. The molecule has 1 N–H and O–H groups in total. The summed E-state index contributed by atoms with van der Waals surface area (Å²) in [5, 5.41) is 6.54. The van der Waals surface area contributed by atoms with Gasteiger partial charge in [-0.3, -0.25) is 0 Å². The smallest absolute Gasteiger partial charge is 0.240 e. The van der Waals surface area contributed by atoms with E-state index >= 15 is 0 Å². The average molecular weight is 397 g/mol. The normalized spacial score (nSPS) is 15.4. The Bertz CT molecular complexity index is 1070. The van der Waals surface area contributed by atoms with Crippen LogP contribution in [0.25, 0.3) is 20.4 Å². The van der Waals surface area contributed by atoms with Gasteiger partial charge >= 0.3 is 0 Å². The van der Waals surface area contributed by atoms with Crippen molar-refractivity contribution in [3.63, 3.8) is 0 Å². The largest absolute Gasteiger partial charge is 0.437 e. The Morgan fingerprint density at radius 2 is 2.00 bits per heavy atom. The van der Waals surface area contributed by atoms with Gasteiger partial charge in [-0.15, -0.1) is 11.3 Å². The Hall–Kier alpha value is -2.25. The number of aromatic nitrogens is 3. The minimum Gasteiger partial charge on any atom is -0.437 e. The average Bonchev–Trinajstić information content (AvgIpc) is 3.34. The molecule has 0 saturated heterocycles. The van der Waals surface area contributed by atoms with Gasteiger partial charge in [0, 0.05) is 12.6 Å². The second kappa shape index (κ2) is 7.40. The van der Waals surface area contributed by atoms with Gasteiger partial charge in [-0.25, -0.2) is 15.0 Å². The molecule has 27 heavy (non-hydrogen) atoms. The summed E-state index contributed by atoms with van der Waals surface area (Å²) in [7, 11) is 0. The predicted octanol–water partition coefficient (Wildman–Crippen LogP) is 6.09. The van der Waals surface area contributed by atoms with Gasteiger partial charge in [0.1, 0.15) is 16.8 Å². The summed E-state index contributed by atoms with van der Waals surface area (Å²) >= 11 is 3.27. The summed E-state index contributed by atoms with van der Waals surface area (Å²) in [5.41, 5.74) is 1.92. The molecule has 1 saturated carbocycles. The molecule has 0 unspecified atom stereocenters. The van der Waals surface area contributed by atoms with Crippen LogP contribution in [-0.2, 0) is 0 Å². The van der Waals surface area contributed by atoms with Crippen molar-refractivity contribution >= 4 is 48.2 Å². The van der Waals surface area contributed by atoms with Crippen molar-refractivity contribution in [3.05, 3.63) is 36.0 Å². The first kappa shape index (κ1) is 16.9. The number of nitrogens with zero attached hydrogens (tertiary/aromatic N) is 3. The molecule has 0 spiro atoms. The van der Waals surface area contributed by atoms with E-state index in [-0.39, 0.29) is 0 Å². The molecule has 1 aliphatic rings. The highest BCUT2D eigenvalue weighted by molar-refractivity contribution is 7.22. The first-order valence-corrected chi connectivity index (χ1v) is 11.1. The van der Waals surface area contributed by atoms with Crippen molar-refractivity contribution in [3.8, 4) is 11.6 Å². The number of thiazole rings is 1. The fourth-order valence-electron chi connectivity index (χ4n) is 3.62.